The Labute approximate surface area is 194 Å². The van der Waals surface area contributed by atoms with E-state index in [1.807, 2.05) is 59.2 Å². The van der Waals surface area contributed by atoms with Gasteiger partial charge in [0.2, 0.25) is 5.91 Å². The first-order chi connectivity index (χ1) is 15.9. The van der Waals surface area contributed by atoms with Crippen molar-refractivity contribution in [3.63, 3.8) is 0 Å². The molecule has 2 N–H and O–H groups in total. The standard InChI is InChI=1S/C26H31N5O2/c1-4-8-19(2)23-25-24(29-28-23)20(3)31(18-27-25)17-26(33)13-15-30(16-14-26)22(32)12-11-21-9-6-5-7-10-21/h4-10,18,33H,2-3,11-17H2,1H3,(H,28,29)/b8-4-. The molecule has 7 heteroatoms. The minimum atomic E-state index is -0.917. The summed E-state index contributed by atoms with van der Waals surface area (Å²) in [6, 6.07) is 10.0. The molecule has 0 atom stereocenters. The number of aryl methyl sites for hydroxylation is 1. The normalized spacial score (nSPS) is 17.5. The summed E-state index contributed by atoms with van der Waals surface area (Å²) in [6.45, 7) is 11.6. The molecule has 1 amide bonds. The summed E-state index contributed by atoms with van der Waals surface area (Å²) in [5, 5.41) is 18.6. The molecular formula is C26H31N5O2. The number of aromatic nitrogens is 2. The number of carbonyl (C=O) groups is 1. The van der Waals surface area contributed by atoms with Crippen molar-refractivity contribution in [1.29, 1.82) is 0 Å². The van der Waals surface area contributed by atoms with Crippen LogP contribution in [-0.4, -0.2) is 62.6 Å². The number of benzene rings is 1. The van der Waals surface area contributed by atoms with Crippen LogP contribution in [0.25, 0.3) is 11.3 Å². The van der Waals surface area contributed by atoms with Gasteiger partial charge in [-0.1, -0.05) is 55.6 Å². The van der Waals surface area contributed by atoms with Crippen molar-refractivity contribution in [3.8, 4) is 0 Å². The molecule has 0 unspecified atom stereocenters. The highest BCUT2D eigenvalue weighted by atomic mass is 16.3. The Morgan fingerprint density at radius 1 is 1.27 bits per heavy atom. The lowest BCUT2D eigenvalue weighted by atomic mass is 9.90. The SMILES string of the molecule is C=C(/C=C\C)c1n[nH]c2c1N=CN(CC1(O)CCN(C(=O)CCc3ccccc3)CC1)C2=C. The average Bonchev–Trinajstić information content (AvgIpc) is 3.26. The largest absolute Gasteiger partial charge is 0.388 e. The van der Waals surface area contributed by atoms with Crippen LogP contribution >= 0.6 is 0 Å². The maximum Gasteiger partial charge on any atom is 0.222 e. The van der Waals surface area contributed by atoms with Crippen LogP contribution in [0.5, 0.6) is 0 Å². The Balaban J connectivity index is 1.33. The van der Waals surface area contributed by atoms with Gasteiger partial charge in [0.15, 0.2) is 0 Å². The first-order valence-corrected chi connectivity index (χ1v) is 11.3. The first-order valence-electron chi connectivity index (χ1n) is 11.3. The van der Waals surface area contributed by atoms with E-state index in [1.54, 1.807) is 6.34 Å². The minimum Gasteiger partial charge on any atom is -0.388 e. The van der Waals surface area contributed by atoms with Crippen molar-refractivity contribution >= 4 is 29.2 Å². The van der Waals surface area contributed by atoms with Crippen molar-refractivity contribution in [2.45, 2.75) is 38.2 Å². The van der Waals surface area contributed by atoms with E-state index in [9.17, 15) is 9.90 Å². The summed E-state index contributed by atoms with van der Waals surface area (Å²) in [6.07, 6.45) is 7.74. The number of likely N-dealkylation sites (tertiary alicyclic amines) is 1. The second kappa shape index (κ2) is 9.58. The number of aromatic amines is 1. The third kappa shape index (κ3) is 4.98. The molecule has 2 aliphatic heterocycles. The van der Waals surface area contributed by atoms with Crippen LogP contribution in [0.2, 0.25) is 0 Å². The molecule has 4 rings (SSSR count). The number of hydrogen-bond acceptors (Lipinski definition) is 5. The number of carbonyl (C=O) groups excluding carboxylic acids is 1. The van der Waals surface area contributed by atoms with Crippen LogP contribution in [0.15, 0.2) is 60.6 Å². The van der Waals surface area contributed by atoms with Crippen molar-refractivity contribution in [2.24, 2.45) is 4.99 Å². The Hall–Kier alpha value is -3.45. The Morgan fingerprint density at radius 3 is 2.70 bits per heavy atom. The zero-order valence-electron chi connectivity index (χ0n) is 19.1. The number of rotatable bonds is 7. The summed E-state index contributed by atoms with van der Waals surface area (Å²) in [5.74, 6) is 0.140. The first kappa shape index (κ1) is 22.7. The monoisotopic (exact) mass is 445 g/mol. The second-order valence-corrected chi connectivity index (χ2v) is 8.73. The molecule has 3 heterocycles. The van der Waals surface area contributed by atoms with Gasteiger partial charge in [0.05, 0.1) is 24.2 Å². The number of aliphatic imine (C=N–C) groups is 1. The predicted octanol–water partition coefficient (Wildman–Crippen LogP) is 3.93. The van der Waals surface area contributed by atoms with Crippen molar-refractivity contribution in [3.05, 3.63) is 72.6 Å². The molecule has 172 valence electrons. The smallest absolute Gasteiger partial charge is 0.222 e. The van der Waals surface area contributed by atoms with Crippen molar-refractivity contribution < 1.29 is 9.90 Å². The Kier molecular flexibility index (Phi) is 6.60. The molecule has 0 bridgehead atoms. The fourth-order valence-electron chi connectivity index (χ4n) is 4.35. The highest BCUT2D eigenvalue weighted by Gasteiger charge is 2.37. The van der Waals surface area contributed by atoms with Crippen molar-refractivity contribution in [2.75, 3.05) is 19.6 Å². The van der Waals surface area contributed by atoms with Gasteiger partial charge in [-0.15, -0.1) is 0 Å². The van der Waals surface area contributed by atoms with E-state index in [4.69, 9.17) is 0 Å². The van der Waals surface area contributed by atoms with Gasteiger partial charge in [0, 0.05) is 19.5 Å². The van der Waals surface area contributed by atoms with Gasteiger partial charge in [0.1, 0.15) is 17.1 Å². The fraction of sp³-hybridized carbons (Fsp3) is 0.346. The van der Waals surface area contributed by atoms with E-state index in [1.165, 1.54) is 0 Å². The molecule has 2 aromatic rings. The highest BCUT2D eigenvalue weighted by Crippen LogP contribution is 2.36. The van der Waals surface area contributed by atoms with Crippen LogP contribution < -0.4 is 0 Å². The quantitative estimate of drug-likeness (QED) is 0.633. The van der Waals surface area contributed by atoms with Crippen LogP contribution in [0.1, 0.15) is 43.1 Å². The third-order valence-electron chi connectivity index (χ3n) is 6.36. The van der Waals surface area contributed by atoms with Crippen molar-refractivity contribution in [1.82, 2.24) is 20.0 Å². The van der Waals surface area contributed by atoms with Gasteiger partial charge < -0.3 is 14.9 Å². The lowest BCUT2D eigenvalue weighted by Gasteiger charge is -2.41. The number of fused-ring (bicyclic) bond motifs is 1. The van der Waals surface area contributed by atoms with E-state index in [-0.39, 0.29) is 5.91 Å². The number of H-pyrrole nitrogens is 1. The van der Waals surface area contributed by atoms with E-state index in [2.05, 4.69) is 28.3 Å². The number of amides is 1. The number of allylic oxidation sites excluding steroid dienone is 3. The molecule has 1 aromatic carbocycles. The van der Waals surface area contributed by atoms with E-state index >= 15 is 0 Å². The number of nitrogens with zero attached hydrogens (tertiary/aromatic N) is 4. The molecule has 1 aromatic heterocycles. The number of piperidine rings is 1. The molecule has 33 heavy (non-hydrogen) atoms. The maximum atomic E-state index is 12.6. The van der Waals surface area contributed by atoms with Crippen LogP contribution in [-0.2, 0) is 11.2 Å². The molecule has 7 nitrogen and oxygen atoms in total. The predicted molar refractivity (Wildman–Crippen MR) is 132 cm³/mol. The van der Waals surface area contributed by atoms with Crippen LogP contribution in [0, 0.1) is 0 Å². The number of hydrogen-bond donors (Lipinski definition) is 2. The van der Waals surface area contributed by atoms with Gasteiger partial charge in [0.25, 0.3) is 0 Å². The third-order valence-corrected chi connectivity index (χ3v) is 6.36. The molecule has 1 saturated heterocycles. The number of nitrogens with one attached hydrogen (secondary N) is 1. The zero-order chi connectivity index (χ0) is 23.4. The topological polar surface area (TPSA) is 84.8 Å². The molecule has 0 aliphatic carbocycles. The van der Waals surface area contributed by atoms with E-state index < -0.39 is 5.60 Å². The van der Waals surface area contributed by atoms with Gasteiger partial charge in [-0.2, -0.15) is 5.10 Å². The Morgan fingerprint density at radius 2 is 2.00 bits per heavy atom. The summed E-state index contributed by atoms with van der Waals surface area (Å²) in [7, 11) is 0. The molecular weight excluding hydrogens is 414 g/mol. The molecule has 0 spiro atoms. The van der Waals surface area contributed by atoms with Gasteiger partial charge in [-0.25, -0.2) is 4.99 Å². The lowest BCUT2D eigenvalue weighted by molar-refractivity contribution is -0.135. The van der Waals surface area contributed by atoms with Gasteiger partial charge >= 0.3 is 0 Å². The Bertz CT molecular complexity index is 1090. The fourth-order valence-corrected chi connectivity index (χ4v) is 4.35. The molecule has 1 fully saturated rings. The maximum absolute atomic E-state index is 12.6. The summed E-state index contributed by atoms with van der Waals surface area (Å²) < 4.78 is 0. The number of β-amino-alcohol motifs (C(OH)–C–C–N with tert-alkyl or cyclic N) is 1. The second-order valence-electron chi connectivity index (χ2n) is 8.73. The minimum absolute atomic E-state index is 0.140. The number of aliphatic hydroxyl groups is 1. The molecule has 0 radical (unpaired) electrons. The zero-order valence-corrected chi connectivity index (χ0v) is 19.1. The average molecular weight is 446 g/mol. The van der Waals surface area contributed by atoms with Gasteiger partial charge in [-0.3, -0.25) is 9.89 Å². The highest BCUT2D eigenvalue weighted by molar-refractivity contribution is 5.90. The van der Waals surface area contributed by atoms with Crippen LogP contribution in [0.4, 0.5) is 5.69 Å². The van der Waals surface area contributed by atoms with E-state index in [0.29, 0.717) is 56.0 Å². The van der Waals surface area contributed by atoms with Gasteiger partial charge in [-0.05, 0) is 37.3 Å². The molecule has 2 aliphatic rings. The van der Waals surface area contributed by atoms with E-state index in [0.717, 1.165) is 23.3 Å². The summed E-state index contributed by atoms with van der Waals surface area (Å²) in [5.41, 5.74) is 3.87. The summed E-state index contributed by atoms with van der Waals surface area (Å²) >= 11 is 0. The lowest BCUT2D eigenvalue weighted by Crippen LogP contribution is -2.51. The molecule has 0 saturated carbocycles. The van der Waals surface area contributed by atoms with Crippen LogP contribution in [0.3, 0.4) is 0 Å². The summed E-state index contributed by atoms with van der Waals surface area (Å²) in [4.78, 5) is 20.9.